The summed E-state index contributed by atoms with van der Waals surface area (Å²) in [4.78, 5) is 36.9. The molecule has 0 spiro atoms. The van der Waals surface area contributed by atoms with E-state index < -0.39 is 22.5 Å². The topological polar surface area (TPSA) is 110 Å². The van der Waals surface area contributed by atoms with E-state index in [1.165, 1.54) is 24.3 Å². The van der Waals surface area contributed by atoms with Crippen molar-refractivity contribution in [2.45, 2.75) is 19.5 Å². The van der Waals surface area contributed by atoms with E-state index in [4.69, 9.17) is 9.94 Å². The Hall–Kier alpha value is -2.64. The number of nitro groups is 1. The maximum absolute atomic E-state index is 11.2. The second-order valence-electron chi connectivity index (χ2n) is 3.80. The Balaban J connectivity index is 3.34. The number of hydroxylamine groups is 1. The van der Waals surface area contributed by atoms with Gasteiger partial charge in [0, 0.05) is 13.8 Å². The number of carbonyl (C=O) groups excluding carboxylic acids is 1. The lowest BCUT2D eigenvalue weighted by Crippen LogP contribution is -2.58. The van der Waals surface area contributed by atoms with Crippen molar-refractivity contribution in [3.05, 3.63) is 40.4 Å². The van der Waals surface area contributed by atoms with Gasteiger partial charge < -0.3 is 9.94 Å². The monoisotopic (exact) mass is 268 g/mol. The molecule has 1 aromatic carbocycles. The Morgan fingerprint density at radius 3 is 2.26 bits per heavy atom. The summed E-state index contributed by atoms with van der Waals surface area (Å²) < 4.78 is 0. The summed E-state index contributed by atoms with van der Waals surface area (Å²) in [6.07, 6.45) is 0. The number of aliphatic carboxylic acids is 1. The lowest BCUT2D eigenvalue weighted by Gasteiger charge is -2.29. The number of hydrogen-bond acceptors (Lipinski definition) is 6. The minimum absolute atomic E-state index is 0.0827. The molecular formula is C11H12N2O6. The zero-order chi connectivity index (χ0) is 14.6. The lowest BCUT2D eigenvalue weighted by atomic mass is 10.2. The average molecular weight is 268 g/mol. The number of carboxylic acids is 1. The predicted molar refractivity (Wildman–Crippen MR) is 63.7 cm³/mol. The normalized spacial score (nSPS) is 13.2. The Labute approximate surface area is 108 Å². The van der Waals surface area contributed by atoms with Crippen molar-refractivity contribution < 1.29 is 24.5 Å². The van der Waals surface area contributed by atoms with Crippen LogP contribution in [0.4, 0.5) is 5.69 Å². The van der Waals surface area contributed by atoms with Gasteiger partial charge in [-0.1, -0.05) is 18.2 Å². The molecule has 0 radical (unpaired) electrons. The number of benzene rings is 1. The molecule has 1 atom stereocenters. The molecule has 0 aliphatic heterocycles. The molecular weight excluding hydrogens is 256 g/mol. The molecule has 1 N–H and O–H groups in total. The van der Waals surface area contributed by atoms with Gasteiger partial charge in [-0.2, -0.15) is 0 Å². The van der Waals surface area contributed by atoms with Crippen LogP contribution < -0.4 is 5.06 Å². The maximum atomic E-state index is 11.2. The second-order valence-corrected chi connectivity index (χ2v) is 3.80. The third-order valence-electron chi connectivity index (χ3n) is 2.37. The quantitative estimate of drug-likeness (QED) is 0.482. The van der Waals surface area contributed by atoms with E-state index in [0.717, 1.165) is 13.8 Å². The molecule has 0 aromatic heterocycles. The van der Waals surface area contributed by atoms with Gasteiger partial charge in [-0.3, -0.25) is 14.9 Å². The fraction of sp³-hybridized carbons (Fsp3) is 0.273. The van der Waals surface area contributed by atoms with Crippen molar-refractivity contribution in [1.29, 1.82) is 0 Å². The van der Waals surface area contributed by atoms with Crippen LogP contribution in [0.25, 0.3) is 0 Å². The SMILES string of the molecule is CC(=O)ON(c1ccccc1)C(C)(C(=O)O)[N+](=O)[O-]. The maximum Gasteiger partial charge on any atom is 0.419 e. The molecule has 1 aromatic rings. The van der Waals surface area contributed by atoms with E-state index >= 15 is 0 Å². The third kappa shape index (κ3) is 2.79. The van der Waals surface area contributed by atoms with Gasteiger partial charge in [0.15, 0.2) is 0 Å². The fourth-order valence-electron chi connectivity index (χ4n) is 1.32. The summed E-state index contributed by atoms with van der Waals surface area (Å²) in [7, 11) is 0. The summed E-state index contributed by atoms with van der Waals surface area (Å²) in [5.74, 6) is -2.61. The number of para-hydroxylation sites is 1. The standard InChI is InChI=1S/C11H12N2O6/c1-8(14)19-12(9-6-4-3-5-7-9)11(2,10(15)16)13(17)18/h3-7H,1-2H3,(H,15,16). The fourth-order valence-corrected chi connectivity index (χ4v) is 1.32. The van der Waals surface area contributed by atoms with E-state index in [1.54, 1.807) is 6.07 Å². The van der Waals surface area contributed by atoms with E-state index in [-0.39, 0.29) is 5.69 Å². The van der Waals surface area contributed by atoms with Gasteiger partial charge in [0.05, 0.1) is 10.6 Å². The van der Waals surface area contributed by atoms with Crippen molar-refractivity contribution >= 4 is 17.6 Å². The van der Waals surface area contributed by atoms with Crippen LogP contribution in [-0.2, 0) is 14.4 Å². The highest BCUT2D eigenvalue weighted by Crippen LogP contribution is 2.25. The predicted octanol–water partition coefficient (Wildman–Crippen LogP) is 1.05. The third-order valence-corrected chi connectivity index (χ3v) is 2.37. The number of anilines is 1. The number of hydrogen-bond donors (Lipinski definition) is 1. The van der Waals surface area contributed by atoms with Crippen LogP contribution >= 0.6 is 0 Å². The van der Waals surface area contributed by atoms with E-state index in [1.807, 2.05) is 0 Å². The van der Waals surface area contributed by atoms with Crippen molar-refractivity contribution in [3.8, 4) is 0 Å². The molecule has 19 heavy (non-hydrogen) atoms. The minimum atomic E-state index is -2.62. The van der Waals surface area contributed by atoms with Crippen molar-refractivity contribution in [2.24, 2.45) is 0 Å². The van der Waals surface area contributed by atoms with Gasteiger partial charge >= 0.3 is 17.6 Å². The van der Waals surface area contributed by atoms with E-state index in [2.05, 4.69) is 0 Å². The minimum Gasteiger partial charge on any atom is -0.474 e. The molecule has 0 fully saturated rings. The van der Waals surface area contributed by atoms with Crippen LogP contribution in [0.15, 0.2) is 30.3 Å². The van der Waals surface area contributed by atoms with Crippen molar-refractivity contribution in [3.63, 3.8) is 0 Å². The van der Waals surface area contributed by atoms with Crippen molar-refractivity contribution in [1.82, 2.24) is 0 Å². The van der Waals surface area contributed by atoms with E-state index in [9.17, 15) is 19.7 Å². The van der Waals surface area contributed by atoms with Gasteiger partial charge in [0.2, 0.25) is 0 Å². The molecule has 0 saturated carbocycles. The van der Waals surface area contributed by atoms with Gasteiger partial charge in [-0.25, -0.2) is 4.79 Å². The highest BCUT2D eigenvalue weighted by molar-refractivity contribution is 5.81. The first-order valence-corrected chi connectivity index (χ1v) is 5.22. The zero-order valence-electron chi connectivity index (χ0n) is 10.3. The summed E-state index contributed by atoms with van der Waals surface area (Å²) in [6, 6.07) is 7.50. The zero-order valence-corrected chi connectivity index (χ0v) is 10.3. The molecule has 1 unspecified atom stereocenters. The van der Waals surface area contributed by atoms with E-state index in [0.29, 0.717) is 5.06 Å². The lowest BCUT2D eigenvalue weighted by molar-refractivity contribution is -0.557. The largest absolute Gasteiger partial charge is 0.474 e. The first kappa shape index (κ1) is 14.4. The molecule has 0 aliphatic carbocycles. The Morgan fingerprint density at radius 2 is 1.89 bits per heavy atom. The summed E-state index contributed by atoms with van der Waals surface area (Å²) in [5.41, 5.74) is -2.54. The highest BCUT2D eigenvalue weighted by atomic mass is 16.7. The Kier molecular flexibility index (Phi) is 4.05. The first-order chi connectivity index (χ1) is 8.80. The Morgan fingerprint density at radius 1 is 1.37 bits per heavy atom. The van der Waals surface area contributed by atoms with Crippen LogP contribution in [0.5, 0.6) is 0 Å². The van der Waals surface area contributed by atoms with Crippen LogP contribution in [0.2, 0.25) is 0 Å². The van der Waals surface area contributed by atoms with Crippen LogP contribution in [0, 0.1) is 10.1 Å². The van der Waals surface area contributed by atoms with Crippen molar-refractivity contribution in [2.75, 3.05) is 5.06 Å². The number of carbonyl (C=O) groups is 2. The summed E-state index contributed by atoms with van der Waals surface area (Å²) in [6.45, 7) is 1.86. The number of carboxylic acid groups (broad SMARTS) is 1. The molecule has 1 rings (SSSR count). The second kappa shape index (κ2) is 5.34. The van der Waals surface area contributed by atoms with Crippen LogP contribution in [-0.4, -0.2) is 27.6 Å². The number of nitrogens with zero attached hydrogens (tertiary/aromatic N) is 2. The van der Waals surface area contributed by atoms with Gasteiger partial charge in [0.25, 0.3) is 0 Å². The molecule has 0 saturated heterocycles. The molecule has 8 heteroatoms. The summed E-state index contributed by atoms with van der Waals surface area (Å²) >= 11 is 0. The Bertz CT molecular complexity index is 487. The summed E-state index contributed by atoms with van der Waals surface area (Å²) in [5, 5.41) is 20.6. The molecule has 0 amide bonds. The van der Waals surface area contributed by atoms with Gasteiger partial charge in [0.1, 0.15) is 0 Å². The van der Waals surface area contributed by atoms with Gasteiger partial charge in [-0.15, -0.1) is 5.06 Å². The van der Waals surface area contributed by atoms with Crippen LogP contribution in [0.3, 0.4) is 0 Å². The molecule has 0 heterocycles. The smallest absolute Gasteiger partial charge is 0.419 e. The molecule has 8 nitrogen and oxygen atoms in total. The average Bonchev–Trinajstić information content (AvgIpc) is 2.35. The first-order valence-electron chi connectivity index (χ1n) is 5.22. The molecule has 0 bridgehead atoms. The molecule has 102 valence electrons. The highest BCUT2D eigenvalue weighted by Gasteiger charge is 2.55. The van der Waals surface area contributed by atoms with Crippen LogP contribution in [0.1, 0.15) is 13.8 Å². The molecule has 0 aliphatic rings. The van der Waals surface area contributed by atoms with Gasteiger partial charge in [-0.05, 0) is 12.1 Å². The number of rotatable bonds is 5.